The molecule has 24 heavy (non-hydrogen) atoms. The second kappa shape index (κ2) is 7.98. The molecule has 2 N–H and O–H groups in total. The molecule has 1 saturated heterocycles. The quantitative estimate of drug-likeness (QED) is 0.576. The minimum absolute atomic E-state index is 0.0323. The molecule has 8 nitrogen and oxygen atoms in total. The van der Waals surface area contributed by atoms with Crippen LogP contribution >= 0.6 is 0 Å². The molecular formula is C15H27N5O3S. The number of nitrogens with zero attached hydrogens (tertiary/aromatic N) is 3. The molecule has 1 aromatic heterocycles. The average Bonchev–Trinajstić information content (AvgIpc) is 3.09. The van der Waals surface area contributed by atoms with E-state index >= 15 is 0 Å². The van der Waals surface area contributed by atoms with E-state index in [9.17, 15) is 8.42 Å². The fourth-order valence-corrected chi connectivity index (χ4v) is 3.94. The van der Waals surface area contributed by atoms with Crippen LogP contribution in [-0.4, -0.2) is 55.6 Å². The van der Waals surface area contributed by atoms with E-state index < -0.39 is 10.0 Å². The fourth-order valence-electron chi connectivity index (χ4n) is 2.76. The van der Waals surface area contributed by atoms with Crippen LogP contribution in [0.25, 0.3) is 0 Å². The molecule has 1 fully saturated rings. The summed E-state index contributed by atoms with van der Waals surface area (Å²) in [5.74, 6) is 2.00. The van der Waals surface area contributed by atoms with Gasteiger partial charge >= 0.3 is 0 Å². The zero-order valence-corrected chi connectivity index (χ0v) is 15.6. The van der Waals surface area contributed by atoms with Gasteiger partial charge in [-0.25, -0.2) is 18.4 Å². The number of guanidine groups is 1. The first kappa shape index (κ1) is 18.7. The normalized spacial score (nSPS) is 19.7. The van der Waals surface area contributed by atoms with E-state index in [-0.39, 0.29) is 6.04 Å². The largest absolute Gasteiger partial charge is 0.444 e. The summed E-state index contributed by atoms with van der Waals surface area (Å²) in [4.78, 5) is 8.76. The Morgan fingerprint density at radius 1 is 1.42 bits per heavy atom. The Labute approximate surface area is 143 Å². The van der Waals surface area contributed by atoms with Crippen molar-refractivity contribution in [3.8, 4) is 0 Å². The van der Waals surface area contributed by atoms with Crippen LogP contribution in [0.5, 0.6) is 0 Å². The predicted molar refractivity (Wildman–Crippen MR) is 93.4 cm³/mol. The highest BCUT2D eigenvalue weighted by atomic mass is 32.2. The maximum atomic E-state index is 11.8. The van der Waals surface area contributed by atoms with Gasteiger partial charge in [0.1, 0.15) is 12.3 Å². The number of hydrogen-bond donors (Lipinski definition) is 2. The van der Waals surface area contributed by atoms with Gasteiger partial charge in [0.15, 0.2) is 5.96 Å². The molecule has 2 heterocycles. The lowest BCUT2D eigenvalue weighted by atomic mass is 10.2. The van der Waals surface area contributed by atoms with Gasteiger partial charge in [0.05, 0.1) is 11.9 Å². The number of oxazole rings is 1. The van der Waals surface area contributed by atoms with E-state index in [0.717, 1.165) is 30.8 Å². The molecule has 0 bridgehead atoms. The van der Waals surface area contributed by atoms with Crippen LogP contribution in [0.2, 0.25) is 0 Å². The standard InChI is InChI=1S/C15H27N5O3S/c1-5-16-15(18-10-14-19-11(2)12(3)23-14)17-9-13-7-6-8-20(13)24(4,21)22/h13H,5-10H2,1-4H3,(H2,16,17,18)/t13-/m1/s1. The van der Waals surface area contributed by atoms with Crippen LogP contribution in [0.1, 0.15) is 37.1 Å². The first-order valence-corrected chi connectivity index (χ1v) is 10.1. The van der Waals surface area contributed by atoms with Gasteiger partial charge < -0.3 is 15.1 Å². The van der Waals surface area contributed by atoms with Gasteiger partial charge in [-0.15, -0.1) is 0 Å². The van der Waals surface area contributed by atoms with Gasteiger partial charge in [-0.05, 0) is 33.6 Å². The Bertz CT molecular complexity index is 664. The van der Waals surface area contributed by atoms with E-state index in [1.165, 1.54) is 6.26 Å². The third-order valence-corrected chi connectivity index (χ3v) is 5.38. The number of aliphatic imine (C=N–C) groups is 1. The molecule has 1 aliphatic rings. The minimum Gasteiger partial charge on any atom is -0.444 e. The van der Waals surface area contributed by atoms with Crippen molar-refractivity contribution in [3.05, 3.63) is 17.3 Å². The maximum Gasteiger partial charge on any atom is 0.216 e. The van der Waals surface area contributed by atoms with E-state index in [4.69, 9.17) is 4.42 Å². The summed E-state index contributed by atoms with van der Waals surface area (Å²) in [5.41, 5.74) is 0.868. The van der Waals surface area contributed by atoms with Crippen LogP contribution < -0.4 is 10.6 Å². The summed E-state index contributed by atoms with van der Waals surface area (Å²) < 4.78 is 30.7. The lowest BCUT2D eigenvalue weighted by Crippen LogP contribution is -2.46. The molecular weight excluding hydrogens is 330 g/mol. The topological polar surface area (TPSA) is 99.8 Å². The first-order valence-electron chi connectivity index (χ1n) is 8.23. The second-order valence-corrected chi connectivity index (χ2v) is 7.93. The summed E-state index contributed by atoms with van der Waals surface area (Å²) in [7, 11) is -3.16. The fraction of sp³-hybridized carbons (Fsp3) is 0.733. The summed E-state index contributed by atoms with van der Waals surface area (Å²) in [6, 6.07) is -0.0323. The van der Waals surface area contributed by atoms with Gasteiger partial charge in [0.25, 0.3) is 0 Å². The molecule has 136 valence electrons. The van der Waals surface area contributed by atoms with E-state index in [1.807, 2.05) is 20.8 Å². The number of aryl methyl sites for hydroxylation is 2. The number of aromatic nitrogens is 1. The highest BCUT2D eigenvalue weighted by Gasteiger charge is 2.31. The Hall–Kier alpha value is -1.61. The van der Waals surface area contributed by atoms with Gasteiger partial charge in [0, 0.05) is 25.7 Å². The van der Waals surface area contributed by atoms with Crippen molar-refractivity contribution in [2.24, 2.45) is 4.99 Å². The first-order chi connectivity index (χ1) is 11.3. The zero-order chi connectivity index (χ0) is 17.7. The van der Waals surface area contributed by atoms with E-state index in [1.54, 1.807) is 4.31 Å². The number of sulfonamides is 1. The van der Waals surface area contributed by atoms with Crippen molar-refractivity contribution in [1.82, 2.24) is 19.9 Å². The summed E-state index contributed by atoms with van der Waals surface area (Å²) in [6.45, 7) is 7.93. The van der Waals surface area contributed by atoms with Crippen molar-refractivity contribution in [1.29, 1.82) is 0 Å². The molecule has 0 amide bonds. The lowest BCUT2D eigenvalue weighted by molar-refractivity contribution is 0.387. The smallest absolute Gasteiger partial charge is 0.216 e. The molecule has 0 spiro atoms. The predicted octanol–water partition coefficient (Wildman–Crippen LogP) is 0.771. The van der Waals surface area contributed by atoms with Crippen LogP contribution in [0, 0.1) is 13.8 Å². The summed E-state index contributed by atoms with van der Waals surface area (Å²) in [6.07, 6.45) is 3.01. The number of rotatable bonds is 6. The van der Waals surface area contributed by atoms with Gasteiger partial charge in [0.2, 0.25) is 15.9 Å². The van der Waals surface area contributed by atoms with Crippen molar-refractivity contribution >= 4 is 16.0 Å². The van der Waals surface area contributed by atoms with Crippen LogP contribution in [0.4, 0.5) is 0 Å². The average molecular weight is 357 g/mol. The molecule has 0 aliphatic carbocycles. The van der Waals surface area contributed by atoms with Crippen molar-refractivity contribution in [2.45, 2.75) is 46.2 Å². The third kappa shape index (κ3) is 4.94. The Kier molecular flexibility index (Phi) is 6.22. The lowest BCUT2D eigenvalue weighted by Gasteiger charge is -2.23. The molecule has 9 heteroatoms. The molecule has 0 saturated carbocycles. The molecule has 1 aliphatic heterocycles. The molecule has 2 rings (SSSR count). The summed E-state index contributed by atoms with van der Waals surface area (Å²) >= 11 is 0. The second-order valence-electron chi connectivity index (χ2n) is 6.00. The maximum absolute atomic E-state index is 11.8. The van der Waals surface area contributed by atoms with Gasteiger partial charge in [-0.1, -0.05) is 0 Å². The molecule has 0 radical (unpaired) electrons. The van der Waals surface area contributed by atoms with Crippen molar-refractivity contribution < 1.29 is 12.8 Å². The number of nitrogens with one attached hydrogen (secondary N) is 2. The Balaban J connectivity index is 1.96. The summed E-state index contributed by atoms with van der Waals surface area (Å²) in [5, 5.41) is 6.37. The number of hydrogen-bond acceptors (Lipinski definition) is 5. The van der Waals surface area contributed by atoms with Gasteiger partial charge in [-0.3, -0.25) is 0 Å². The molecule has 0 unspecified atom stereocenters. The zero-order valence-electron chi connectivity index (χ0n) is 14.8. The van der Waals surface area contributed by atoms with E-state index in [0.29, 0.717) is 31.5 Å². The third-order valence-electron chi connectivity index (χ3n) is 4.04. The van der Waals surface area contributed by atoms with Crippen LogP contribution in [0.15, 0.2) is 9.41 Å². The Morgan fingerprint density at radius 2 is 2.17 bits per heavy atom. The Morgan fingerprint density at radius 3 is 2.75 bits per heavy atom. The molecule has 1 aromatic rings. The highest BCUT2D eigenvalue weighted by molar-refractivity contribution is 7.88. The van der Waals surface area contributed by atoms with Crippen molar-refractivity contribution in [3.63, 3.8) is 0 Å². The SMILES string of the molecule is CCNC(=NCc1nc(C)c(C)o1)NC[C@H]1CCCN1S(C)(=O)=O. The monoisotopic (exact) mass is 357 g/mol. The molecule has 1 atom stereocenters. The molecule has 0 aromatic carbocycles. The van der Waals surface area contributed by atoms with Crippen LogP contribution in [-0.2, 0) is 16.6 Å². The minimum atomic E-state index is -3.16. The van der Waals surface area contributed by atoms with Crippen molar-refractivity contribution in [2.75, 3.05) is 25.9 Å². The van der Waals surface area contributed by atoms with Crippen LogP contribution in [0.3, 0.4) is 0 Å². The van der Waals surface area contributed by atoms with Gasteiger partial charge in [-0.2, -0.15) is 4.31 Å². The highest BCUT2D eigenvalue weighted by Crippen LogP contribution is 2.19. The van der Waals surface area contributed by atoms with E-state index in [2.05, 4.69) is 20.6 Å².